The third kappa shape index (κ3) is 2.87. The van der Waals surface area contributed by atoms with Crippen LogP contribution in [0.4, 0.5) is 0 Å². The van der Waals surface area contributed by atoms with Crippen LogP contribution in [0.5, 0.6) is 0 Å². The maximum Gasteiger partial charge on any atom is 0.226 e. The number of piperidine rings is 1. The molecule has 0 aromatic rings. The third-order valence-electron chi connectivity index (χ3n) is 4.78. The highest BCUT2D eigenvalue weighted by molar-refractivity contribution is 5.79. The topological polar surface area (TPSA) is 32.3 Å². The highest BCUT2D eigenvalue weighted by atomic mass is 16.2. The van der Waals surface area contributed by atoms with Crippen LogP contribution in [0.25, 0.3) is 0 Å². The number of carbonyl (C=O) groups is 1. The Hall–Kier alpha value is -0.570. The summed E-state index contributed by atoms with van der Waals surface area (Å²) in [6.07, 6.45) is 9.62. The normalized spacial score (nSPS) is 30.4. The molecule has 1 unspecified atom stereocenters. The Morgan fingerprint density at radius 1 is 1.22 bits per heavy atom. The molecule has 2 aliphatic rings. The van der Waals surface area contributed by atoms with Crippen molar-refractivity contribution in [1.29, 1.82) is 0 Å². The molecule has 2 rings (SSSR count). The molecule has 2 fully saturated rings. The van der Waals surface area contributed by atoms with Crippen molar-refractivity contribution < 1.29 is 4.79 Å². The molecule has 1 amide bonds. The Bertz CT molecular complexity index is 282. The van der Waals surface area contributed by atoms with E-state index < -0.39 is 0 Å². The molecular weight excluding hydrogens is 224 g/mol. The molecule has 0 bridgehead atoms. The molecule has 1 saturated carbocycles. The fraction of sp³-hybridized carbons (Fsp3) is 0.933. The average molecular weight is 252 g/mol. The van der Waals surface area contributed by atoms with E-state index in [4.69, 9.17) is 0 Å². The lowest BCUT2D eigenvalue weighted by Crippen LogP contribution is -2.58. The second-order valence-electron chi connectivity index (χ2n) is 6.31. The van der Waals surface area contributed by atoms with Crippen LogP contribution in [-0.2, 0) is 4.79 Å². The van der Waals surface area contributed by atoms with Gasteiger partial charge in [0.1, 0.15) is 0 Å². The second kappa shape index (κ2) is 6.05. The molecule has 1 atom stereocenters. The van der Waals surface area contributed by atoms with Gasteiger partial charge < -0.3 is 10.2 Å². The summed E-state index contributed by atoms with van der Waals surface area (Å²) in [5.74, 6) is 0.750. The maximum absolute atomic E-state index is 12.7. The minimum atomic E-state index is 0.0432. The third-order valence-corrected chi connectivity index (χ3v) is 4.78. The summed E-state index contributed by atoms with van der Waals surface area (Å²) in [4.78, 5) is 14.9. The highest BCUT2D eigenvalue weighted by Gasteiger charge is 2.39. The monoisotopic (exact) mass is 252 g/mol. The fourth-order valence-corrected chi connectivity index (χ4v) is 3.69. The molecule has 1 saturated heterocycles. The smallest absolute Gasteiger partial charge is 0.226 e. The molecule has 18 heavy (non-hydrogen) atoms. The van der Waals surface area contributed by atoms with Crippen molar-refractivity contribution in [3.05, 3.63) is 0 Å². The first kappa shape index (κ1) is 13.9. The predicted molar refractivity (Wildman–Crippen MR) is 74.5 cm³/mol. The quantitative estimate of drug-likeness (QED) is 0.837. The number of nitrogens with one attached hydrogen (secondary N) is 1. The Labute approximate surface area is 111 Å². The van der Waals surface area contributed by atoms with Gasteiger partial charge in [0.05, 0.1) is 5.54 Å². The van der Waals surface area contributed by atoms with E-state index in [0.717, 1.165) is 32.4 Å². The van der Waals surface area contributed by atoms with Crippen LogP contribution in [0.15, 0.2) is 0 Å². The lowest BCUT2D eigenvalue weighted by atomic mass is 9.83. The maximum atomic E-state index is 12.7. The van der Waals surface area contributed by atoms with Crippen molar-refractivity contribution in [2.24, 2.45) is 5.92 Å². The second-order valence-corrected chi connectivity index (χ2v) is 6.31. The molecule has 1 aliphatic carbocycles. The molecule has 3 nitrogen and oxygen atoms in total. The van der Waals surface area contributed by atoms with E-state index in [-0.39, 0.29) is 5.54 Å². The predicted octanol–water partition coefficient (Wildman–Crippen LogP) is 2.56. The number of hydrogen-bond acceptors (Lipinski definition) is 2. The summed E-state index contributed by atoms with van der Waals surface area (Å²) >= 11 is 0. The lowest BCUT2D eigenvalue weighted by molar-refractivity contribution is -0.144. The number of likely N-dealkylation sites (tertiary alicyclic amines) is 1. The van der Waals surface area contributed by atoms with E-state index in [2.05, 4.69) is 17.1 Å². The number of hydrogen-bond donors (Lipinski definition) is 1. The van der Waals surface area contributed by atoms with Gasteiger partial charge in [-0.1, -0.05) is 19.3 Å². The van der Waals surface area contributed by atoms with Crippen LogP contribution in [0.3, 0.4) is 0 Å². The van der Waals surface area contributed by atoms with Crippen molar-refractivity contribution >= 4 is 5.91 Å². The van der Waals surface area contributed by atoms with Crippen molar-refractivity contribution in [2.75, 3.05) is 20.1 Å². The number of amides is 1. The zero-order valence-electron chi connectivity index (χ0n) is 12.0. The van der Waals surface area contributed by atoms with Crippen LogP contribution in [0, 0.1) is 5.92 Å². The molecule has 0 radical (unpaired) electrons. The minimum absolute atomic E-state index is 0.0432. The summed E-state index contributed by atoms with van der Waals surface area (Å²) in [5.41, 5.74) is 0.0432. The molecule has 3 heteroatoms. The first-order valence-corrected chi connectivity index (χ1v) is 7.63. The first-order chi connectivity index (χ1) is 8.67. The Morgan fingerprint density at radius 3 is 2.61 bits per heavy atom. The van der Waals surface area contributed by atoms with Gasteiger partial charge in [-0.25, -0.2) is 0 Å². The van der Waals surface area contributed by atoms with Gasteiger partial charge in [0.2, 0.25) is 5.91 Å². The van der Waals surface area contributed by atoms with Gasteiger partial charge in [-0.05, 0) is 46.1 Å². The first-order valence-electron chi connectivity index (χ1n) is 7.63. The van der Waals surface area contributed by atoms with Crippen LogP contribution < -0.4 is 5.32 Å². The summed E-state index contributed by atoms with van der Waals surface area (Å²) in [6, 6.07) is 0. The Morgan fingerprint density at radius 2 is 1.94 bits per heavy atom. The van der Waals surface area contributed by atoms with Crippen LogP contribution in [0.2, 0.25) is 0 Å². The van der Waals surface area contributed by atoms with Crippen LogP contribution in [0.1, 0.15) is 58.3 Å². The summed E-state index contributed by atoms with van der Waals surface area (Å²) in [5, 5.41) is 3.27. The molecule has 0 spiro atoms. The lowest BCUT2D eigenvalue weighted by Gasteiger charge is -2.46. The molecule has 104 valence electrons. The Balaban J connectivity index is 2.05. The van der Waals surface area contributed by atoms with Crippen molar-refractivity contribution in [3.63, 3.8) is 0 Å². The molecule has 1 N–H and O–H groups in total. The Kier molecular flexibility index (Phi) is 4.66. The van der Waals surface area contributed by atoms with Gasteiger partial charge in [0.15, 0.2) is 0 Å². The van der Waals surface area contributed by atoms with Gasteiger partial charge in [0.25, 0.3) is 0 Å². The van der Waals surface area contributed by atoms with Gasteiger partial charge in [-0.3, -0.25) is 4.79 Å². The highest BCUT2D eigenvalue weighted by Crippen LogP contribution is 2.32. The van der Waals surface area contributed by atoms with Gasteiger partial charge in [-0.2, -0.15) is 0 Å². The van der Waals surface area contributed by atoms with Gasteiger partial charge in [0, 0.05) is 19.0 Å². The number of rotatable bonds is 3. The molecule has 0 aromatic carbocycles. The van der Waals surface area contributed by atoms with Crippen LogP contribution >= 0.6 is 0 Å². The van der Waals surface area contributed by atoms with E-state index >= 15 is 0 Å². The largest absolute Gasteiger partial charge is 0.336 e. The number of nitrogens with zero attached hydrogens (tertiary/aromatic N) is 1. The fourth-order valence-electron chi connectivity index (χ4n) is 3.69. The summed E-state index contributed by atoms with van der Waals surface area (Å²) < 4.78 is 0. The van der Waals surface area contributed by atoms with E-state index in [1.54, 1.807) is 0 Å². The van der Waals surface area contributed by atoms with Crippen molar-refractivity contribution in [3.8, 4) is 0 Å². The molecular formula is C15H28N2O. The van der Waals surface area contributed by atoms with E-state index in [0.29, 0.717) is 11.8 Å². The van der Waals surface area contributed by atoms with Crippen LogP contribution in [-0.4, -0.2) is 36.5 Å². The summed E-state index contributed by atoms with van der Waals surface area (Å²) in [6.45, 7) is 4.14. The van der Waals surface area contributed by atoms with Gasteiger partial charge >= 0.3 is 0 Å². The van der Waals surface area contributed by atoms with E-state index in [9.17, 15) is 4.79 Å². The number of carbonyl (C=O) groups excluding carboxylic acids is 1. The minimum Gasteiger partial charge on any atom is -0.336 e. The standard InChI is InChI=1S/C15H28N2O/c1-15(12-16-2)10-6-7-11-17(15)14(18)13-8-4-3-5-9-13/h13,16H,3-12H2,1-2H3. The van der Waals surface area contributed by atoms with E-state index in [1.807, 2.05) is 7.05 Å². The SMILES string of the molecule is CNCC1(C)CCCCN1C(=O)C1CCCCC1. The average Bonchev–Trinajstić information content (AvgIpc) is 2.39. The van der Waals surface area contributed by atoms with Gasteiger partial charge in [-0.15, -0.1) is 0 Å². The number of likely N-dealkylation sites (N-methyl/N-ethyl adjacent to an activating group) is 1. The van der Waals surface area contributed by atoms with E-state index in [1.165, 1.54) is 32.1 Å². The zero-order chi connectivity index (χ0) is 13.0. The van der Waals surface area contributed by atoms with Crippen molar-refractivity contribution in [1.82, 2.24) is 10.2 Å². The summed E-state index contributed by atoms with van der Waals surface area (Å²) in [7, 11) is 1.99. The molecule has 0 aromatic heterocycles. The van der Waals surface area contributed by atoms with Crippen molar-refractivity contribution in [2.45, 2.75) is 63.8 Å². The molecule has 1 aliphatic heterocycles. The zero-order valence-corrected chi connectivity index (χ0v) is 12.0. The molecule has 1 heterocycles.